The van der Waals surface area contributed by atoms with Crippen LogP contribution in [-0.2, 0) is 37.0 Å². The van der Waals surface area contributed by atoms with Crippen LogP contribution in [-0.4, -0.2) is 85.2 Å². The maximum absolute atomic E-state index is 13.4. The van der Waals surface area contributed by atoms with Crippen LogP contribution < -0.4 is 5.32 Å². The van der Waals surface area contributed by atoms with Crippen molar-refractivity contribution in [2.75, 3.05) is 39.3 Å². The van der Waals surface area contributed by atoms with Gasteiger partial charge in [-0.2, -0.15) is 22.3 Å². The summed E-state index contributed by atoms with van der Waals surface area (Å²) in [5, 5.41) is 11.7. The first kappa shape index (κ1) is 26.4. The first-order valence-corrected chi connectivity index (χ1v) is 13.2. The van der Waals surface area contributed by atoms with E-state index in [2.05, 4.69) is 5.32 Å². The number of likely N-dealkylation sites (tertiary alicyclic amines) is 1. The van der Waals surface area contributed by atoms with Gasteiger partial charge >= 0.3 is 0 Å². The molecule has 0 saturated carbocycles. The number of nitriles is 1. The molecule has 2 amide bonds. The third-order valence-corrected chi connectivity index (χ3v) is 8.69. The van der Waals surface area contributed by atoms with Gasteiger partial charge in [-0.3, -0.25) is 9.59 Å². The van der Waals surface area contributed by atoms with Crippen molar-refractivity contribution in [1.29, 1.82) is 5.26 Å². The van der Waals surface area contributed by atoms with Gasteiger partial charge in [0.15, 0.2) is 0 Å². The first-order chi connectivity index (χ1) is 17.0. The molecule has 3 aliphatic rings. The SMILES string of the molecule is CC(F)(F)c1ccc(CNC(=O)[C@H]2CCCN2C(=O)[C@@H]2CN(S(=O)(=O)N3CC(C#N)C3)CCO2)cc1. The van der Waals surface area contributed by atoms with Gasteiger partial charge in [0.2, 0.25) is 5.91 Å². The lowest BCUT2D eigenvalue weighted by Gasteiger charge is -2.40. The van der Waals surface area contributed by atoms with Crippen molar-refractivity contribution >= 4 is 22.0 Å². The molecular weight excluding hydrogens is 496 g/mol. The number of nitrogens with one attached hydrogen (secondary N) is 1. The number of morpholine rings is 1. The standard InChI is InChI=1S/C23H29F2N5O5S/c1-23(24,25)18-6-4-16(5-7-18)12-27-21(31)19-3-2-8-30(19)22(32)20-15-28(9-10-35-20)36(33,34)29-13-17(11-26)14-29/h4-7,17,19-20H,2-3,8-10,12-15H2,1H3,(H,27,31)/t19-,20+/m1/s1. The van der Waals surface area contributed by atoms with Gasteiger partial charge in [-0.25, -0.2) is 8.78 Å². The summed E-state index contributed by atoms with van der Waals surface area (Å²) >= 11 is 0. The Morgan fingerprint density at radius 2 is 1.86 bits per heavy atom. The van der Waals surface area contributed by atoms with E-state index in [0.717, 1.165) is 6.92 Å². The lowest BCUT2D eigenvalue weighted by Crippen LogP contribution is -2.60. The molecule has 1 aromatic carbocycles. The molecule has 10 nitrogen and oxygen atoms in total. The fourth-order valence-corrected chi connectivity index (χ4v) is 6.26. The molecule has 1 aromatic rings. The van der Waals surface area contributed by atoms with Gasteiger partial charge in [-0.1, -0.05) is 24.3 Å². The molecule has 0 radical (unpaired) electrons. The van der Waals surface area contributed by atoms with Crippen molar-refractivity contribution in [1.82, 2.24) is 18.8 Å². The Labute approximate surface area is 209 Å². The average Bonchev–Trinajstić information content (AvgIpc) is 3.31. The molecule has 3 saturated heterocycles. The zero-order valence-corrected chi connectivity index (χ0v) is 20.7. The summed E-state index contributed by atoms with van der Waals surface area (Å²) in [6, 6.07) is 6.98. The lowest BCUT2D eigenvalue weighted by atomic mass is 10.1. The van der Waals surface area contributed by atoms with Gasteiger partial charge in [-0.05, 0) is 18.4 Å². The Morgan fingerprint density at radius 3 is 2.50 bits per heavy atom. The molecule has 2 atom stereocenters. The van der Waals surface area contributed by atoms with E-state index < -0.39 is 34.2 Å². The minimum absolute atomic E-state index is 0.0443. The Bertz CT molecular complexity index is 1130. The van der Waals surface area contributed by atoms with E-state index >= 15 is 0 Å². The van der Waals surface area contributed by atoms with Crippen LogP contribution in [0.3, 0.4) is 0 Å². The maximum atomic E-state index is 13.4. The largest absolute Gasteiger partial charge is 0.366 e. The summed E-state index contributed by atoms with van der Waals surface area (Å²) in [6.07, 6.45) is 0.0388. The van der Waals surface area contributed by atoms with Crippen LogP contribution in [0.4, 0.5) is 8.78 Å². The predicted molar refractivity (Wildman–Crippen MR) is 124 cm³/mol. The first-order valence-electron chi connectivity index (χ1n) is 11.8. The van der Waals surface area contributed by atoms with Crippen molar-refractivity contribution in [3.8, 4) is 6.07 Å². The van der Waals surface area contributed by atoms with E-state index in [1.54, 1.807) is 0 Å². The number of hydrogen-bond acceptors (Lipinski definition) is 6. The van der Waals surface area contributed by atoms with Gasteiger partial charge in [0.25, 0.3) is 22.0 Å². The van der Waals surface area contributed by atoms with Gasteiger partial charge in [0.05, 0.1) is 25.1 Å². The number of benzene rings is 1. The second-order valence-electron chi connectivity index (χ2n) is 9.36. The highest BCUT2D eigenvalue weighted by molar-refractivity contribution is 7.86. The molecule has 0 aliphatic carbocycles. The summed E-state index contributed by atoms with van der Waals surface area (Å²) in [4.78, 5) is 27.5. The molecular formula is C23H29F2N5O5S. The number of halogens is 2. The second kappa shape index (κ2) is 10.4. The molecule has 36 heavy (non-hydrogen) atoms. The van der Waals surface area contributed by atoms with Crippen molar-refractivity contribution in [3.05, 3.63) is 35.4 Å². The number of carbonyl (C=O) groups excluding carboxylic acids is 2. The summed E-state index contributed by atoms with van der Waals surface area (Å²) in [6.45, 7) is 1.54. The van der Waals surface area contributed by atoms with E-state index in [4.69, 9.17) is 10.00 Å². The maximum Gasteiger partial charge on any atom is 0.282 e. The Morgan fingerprint density at radius 1 is 1.17 bits per heavy atom. The third kappa shape index (κ3) is 5.51. The van der Waals surface area contributed by atoms with Gasteiger partial charge in [0.1, 0.15) is 12.1 Å². The molecule has 0 unspecified atom stereocenters. The second-order valence-corrected chi connectivity index (χ2v) is 11.3. The molecule has 0 bridgehead atoms. The molecule has 196 valence electrons. The Kier molecular flexibility index (Phi) is 7.61. The van der Waals surface area contributed by atoms with Crippen molar-refractivity contribution in [2.45, 2.75) is 44.4 Å². The fourth-order valence-electron chi connectivity index (χ4n) is 4.57. The summed E-state index contributed by atoms with van der Waals surface area (Å²) < 4.78 is 60.5. The van der Waals surface area contributed by atoms with E-state index in [0.29, 0.717) is 24.9 Å². The molecule has 1 N–H and O–H groups in total. The van der Waals surface area contributed by atoms with Crippen LogP contribution >= 0.6 is 0 Å². The van der Waals surface area contributed by atoms with Crippen LogP contribution in [0.1, 0.15) is 30.9 Å². The van der Waals surface area contributed by atoms with Crippen molar-refractivity contribution in [3.63, 3.8) is 0 Å². The van der Waals surface area contributed by atoms with Crippen LogP contribution in [0.25, 0.3) is 0 Å². The zero-order chi connectivity index (χ0) is 26.1. The van der Waals surface area contributed by atoms with Crippen LogP contribution in [0, 0.1) is 17.2 Å². The van der Waals surface area contributed by atoms with Crippen molar-refractivity contribution < 1.29 is 31.5 Å². The van der Waals surface area contributed by atoms with E-state index in [-0.39, 0.29) is 56.7 Å². The smallest absolute Gasteiger partial charge is 0.282 e. The predicted octanol–water partition coefficient (Wildman–Crippen LogP) is 0.806. The normalized spacial score (nSPS) is 24.2. The number of nitrogens with zero attached hydrogens (tertiary/aromatic N) is 4. The van der Waals surface area contributed by atoms with Crippen LogP contribution in [0.2, 0.25) is 0 Å². The molecule has 3 aliphatic heterocycles. The number of alkyl halides is 2. The number of carbonyl (C=O) groups is 2. The van der Waals surface area contributed by atoms with Crippen molar-refractivity contribution in [2.24, 2.45) is 5.92 Å². The highest BCUT2D eigenvalue weighted by atomic mass is 32.2. The number of ether oxygens (including phenoxy) is 1. The molecule has 3 fully saturated rings. The number of rotatable bonds is 7. The minimum atomic E-state index is -3.80. The minimum Gasteiger partial charge on any atom is -0.366 e. The molecule has 0 aromatic heterocycles. The molecule has 13 heteroatoms. The molecule has 0 spiro atoms. The molecule has 4 rings (SSSR count). The van der Waals surface area contributed by atoms with Gasteiger partial charge in [0, 0.05) is 45.2 Å². The number of amides is 2. The Balaban J connectivity index is 1.34. The lowest BCUT2D eigenvalue weighted by molar-refractivity contribution is -0.151. The van der Waals surface area contributed by atoms with E-state index in [1.165, 1.54) is 37.8 Å². The van der Waals surface area contributed by atoms with E-state index in [9.17, 15) is 26.8 Å². The van der Waals surface area contributed by atoms with Crippen LogP contribution in [0.15, 0.2) is 24.3 Å². The topological polar surface area (TPSA) is 123 Å². The zero-order valence-electron chi connectivity index (χ0n) is 19.9. The summed E-state index contributed by atoms with van der Waals surface area (Å²) in [5.74, 6) is -4.08. The van der Waals surface area contributed by atoms with E-state index in [1.807, 2.05) is 6.07 Å². The van der Waals surface area contributed by atoms with Gasteiger partial charge in [-0.15, -0.1) is 0 Å². The summed E-state index contributed by atoms with van der Waals surface area (Å²) in [5.41, 5.74) is 0.529. The molecule has 3 heterocycles. The average molecular weight is 526 g/mol. The monoisotopic (exact) mass is 525 g/mol. The quantitative estimate of drug-likeness (QED) is 0.562. The van der Waals surface area contributed by atoms with Gasteiger partial charge < -0.3 is 15.0 Å². The Hall–Kier alpha value is -2.66. The third-order valence-electron chi connectivity index (χ3n) is 6.75. The fraction of sp³-hybridized carbons (Fsp3) is 0.609. The highest BCUT2D eigenvalue weighted by Gasteiger charge is 2.44. The number of hydrogen-bond donors (Lipinski definition) is 1. The summed E-state index contributed by atoms with van der Waals surface area (Å²) in [7, 11) is -3.80. The van der Waals surface area contributed by atoms with Crippen LogP contribution in [0.5, 0.6) is 0 Å². The highest BCUT2D eigenvalue weighted by Crippen LogP contribution is 2.27.